The first-order valence-electron chi connectivity index (χ1n) is 6.53. The highest BCUT2D eigenvalue weighted by Crippen LogP contribution is 2.07. The van der Waals surface area contributed by atoms with Gasteiger partial charge in [-0.2, -0.15) is 5.26 Å². The molecule has 2 N–H and O–H groups in total. The second-order valence-corrected chi connectivity index (χ2v) is 4.61. The second kappa shape index (κ2) is 6.99. The molecule has 0 saturated carbocycles. The topological polar surface area (TPSA) is 103 Å². The Kier molecular flexibility index (Phi) is 4.83. The molecule has 0 aliphatic heterocycles. The Bertz CT molecular complexity index is 706. The summed E-state index contributed by atoms with van der Waals surface area (Å²) in [6.45, 7) is 0. The molecule has 0 radical (unpaired) electrons. The van der Waals surface area contributed by atoms with E-state index in [9.17, 15) is 14.7 Å². The summed E-state index contributed by atoms with van der Waals surface area (Å²) in [5, 5.41) is 20.5. The predicted molar refractivity (Wildman–Crippen MR) is 78.0 cm³/mol. The number of rotatable bonds is 5. The molecule has 0 unspecified atom stereocenters. The molecular weight excluding hydrogens is 282 g/mol. The largest absolute Gasteiger partial charge is 0.480 e. The van der Waals surface area contributed by atoms with Crippen molar-refractivity contribution in [2.24, 2.45) is 0 Å². The monoisotopic (exact) mass is 295 g/mol. The highest BCUT2D eigenvalue weighted by molar-refractivity contribution is 5.96. The summed E-state index contributed by atoms with van der Waals surface area (Å²) in [4.78, 5) is 27.1. The first-order valence-corrected chi connectivity index (χ1v) is 6.53. The standard InChI is InChI=1S/C16H13N3O3/c17-10-12-3-1-11(2-4-12)9-14(16(21)22)19-15(20)13-5-7-18-8-6-13/h1-8,14H,9H2,(H,19,20)(H,21,22)/t14-/m1/s1. The van der Waals surface area contributed by atoms with Gasteiger partial charge in [0.15, 0.2) is 0 Å². The molecular formula is C16H13N3O3. The maximum absolute atomic E-state index is 12.0. The summed E-state index contributed by atoms with van der Waals surface area (Å²) in [6, 6.07) is 10.5. The molecule has 6 nitrogen and oxygen atoms in total. The fraction of sp³-hybridized carbons (Fsp3) is 0.125. The van der Waals surface area contributed by atoms with E-state index in [1.807, 2.05) is 6.07 Å². The van der Waals surface area contributed by atoms with Gasteiger partial charge >= 0.3 is 5.97 Å². The molecule has 1 aromatic carbocycles. The molecule has 1 heterocycles. The van der Waals surface area contributed by atoms with Crippen molar-refractivity contribution in [2.45, 2.75) is 12.5 Å². The van der Waals surface area contributed by atoms with Crippen LogP contribution in [0.4, 0.5) is 0 Å². The SMILES string of the molecule is N#Cc1ccc(C[C@@H](NC(=O)c2ccncc2)C(=O)O)cc1. The molecule has 2 aromatic rings. The third kappa shape index (κ3) is 3.90. The zero-order valence-electron chi connectivity index (χ0n) is 11.6. The Labute approximate surface area is 127 Å². The van der Waals surface area contributed by atoms with Crippen molar-refractivity contribution in [1.82, 2.24) is 10.3 Å². The number of pyridine rings is 1. The summed E-state index contributed by atoms with van der Waals surface area (Å²) in [5.41, 5.74) is 1.57. The lowest BCUT2D eigenvalue weighted by Crippen LogP contribution is -2.42. The van der Waals surface area contributed by atoms with Crippen LogP contribution in [0.15, 0.2) is 48.8 Å². The van der Waals surface area contributed by atoms with Gasteiger partial charge in [0.25, 0.3) is 5.91 Å². The molecule has 0 spiro atoms. The average molecular weight is 295 g/mol. The Morgan fingerprint density at radius 3 is 2.36 bits per heavy atom. The van der Waals surface area contributed by atoms with Crippen LogP contribution in [0.5, 0.6) is 0 Å². The lowest BCUT2D eigenvalue weighted by atomic mass is 10.0. The number of nitrogens with one attached hydrogen (secondary N) is 1. The lowest BCUT2D eigenvalue weighted by Gasteiger charge is -2.14. The number of amides is 1. The van der Waals surface area contributed by atoms with E-state index < -0.39 is 17.9 Å². The van der Waals surface area contributed by atoms with Crippen LogP contribution in [0.3, 0.4) is 0 Å². The number of benzene rings is 1. The van der Waals surface area contributed by atoms with Gasteiger partial charge in [-0.25, -0.2) is 4.79 Å². The quantitative estimate of drug-likeness (QED) is 0.867. The van der Waals surface area contributed by atoms with Crippen molar-refractivity contribution in [3.8, 4) is 6.07 Å². The van der Waals surface area contributed by atoms with Gasteiger partial charge in [0, 0.05) is 24.4 Å². The van der Waals surface area contributed by atoms with E-state index in [1.54, 1.807) is 24.3 Å². The van der Waals surface area contributed by atoms with Crippen LogP contribution in [0.2, 0.25) is 0 Å². The van der Waals surface area contributed by atoms with E-state index in [-0.39, 0.29) is 6.42 Å². The zero-order chi connectivity index (χ0) is 15.9. The van der Waals surface area contributed by atoms with Gasteiger partial charge in [-0.1, -0.05) is 12.1 Å². The maximum Gasteiger partial charge on any atom is 0.326 e. The van der Waals surface area contributed by atoms with E-state index in [0.29, 0.717) is 11.1 Å². The first kappa shape index (κ1) is 15.2. The Balaban J connectivity index is 2.08. The van der Waals surface area contributed by atoms with Gasteiger partial charge in [0.05, 0.1) is 11.6 Å². The van der Waals surface area contributed by atoms with Crippen molar-refractivity contribution in [3.05, 3.63) is 65.5 Å². The molecule has 22 heavy (non-hydrogen) atoms. The summed E-state index contributed by atoms with van der Waals surface area (Å²) in [7, 11) is 0. The van der Waals surface area contributed by atoms with Crippen LogP contribution in [-0.4, -0.2) is 28.0 Å². The number of nitrogens with zero attached hydrogens (tertiary/aromatic N) is 2. The number of aliphatic carboxylic acids is 1. The third-order valence-corrected chi connectivity index (χ3v) is 3.07. The lowest BCUT2D eigenvalue weighted by molar-refractivity contribution is -0.139. The summed E-state index contributed by atoms with van der Waals surface area (Å²) >= 11 is 0. The van der Waals surface area contributed by atoms with Crippen LogP contribution < -0.4 is 5.32 Å². The van der Waals surface area contributed by atoms with Crippen LogP contribution in [0, 0.1) is 11.3 Å². The number of hydrogen-bond acceptors (Lipinski definition) is 4. The minimum Gasteiger partial charge on any atom is -0.480 e. The van der Waals surface area contributed by atoms with Gasteiger partial charge in [-0.15, -0.1) is 0 Å². The fourth-order valence-corrected chi connectivity index (χ4v) is 1.90. The summed E-state index contributed by atoms with van der Waals surface area (Å²) < 4.78 is 0. The predicted octanol–water partition coefficient (Wildman–Crippen LogP) is 1.38. The molecule has 1 aromatic heterocycles. The highest BCUT2D eigenvalue weighted by atomic mass is 16.4. The fourth-order valence-electron chi connectivity index (χ4n) is 1.90. The molecule has 110 valence electrons. The van der Waals surface area contributed by atoms with Crippen molar-refractivity contribution < 1.29 is 14.7 Å². The molecule has 1 atom stereocenters. The first-order chi connectivity index (χ1) is 10.6. The number of nitriles is 1. The van der Waals surface area contributed by atoms with Crippen molar-refractivity contribution in [2.75, 3.05) is 0 Å². The Hall–Kier alpha value is -3.20. The van der Waals surface area contributed by atoms with E-state index in [0.717, 1.165) is 5.56 Å². The van der Waals surface area contributed by atoms with Crippen LogP contribution >= 0.6 is 0 Å². The van der Waals surface area contributed by atoms with Gasteiger partial charge in [0.2, 0.25) is 0 Å². The van der Waals surface area contributed by atoms with Crippen LogP contribution in [-0.2, 0) is 11.2 Å². The minimum atomic E-state index is -1.12. The number of carboxylic acids is 1. The van der Waals surface area contributed by atoms with E-state index in [1.165, 1.54) is 24.5 Å². The number of carboxylic acid groups (broad SMARTS) is 1. The maximum atomic E-state index is 12.0. The smallest absolute Gasteiger partial charge is 0.326 e. The summed E-state index contributed by atoms with van der Waals surface area (Å²) in [5.74, 6) is -1.59. The number of carbonyl (C=O) groups is 2. The van der Waals surface area contributed by atoms with E-state index >= 15 is 0 Å². The molecule has 0 saturated heterocycles. The molecule has 0 aliphatic rings. The molecule has 0 fully saturated rings. The van der Waals surface area contributed by atoms with Crippen LogP contribution in [0.25, 0.3) is 0 Å². The normalized spacial score (nSPS) is 11.2. The number of hydrogen-bond donors (Lipinski definition) is 2. The summed E-state index contributed by atoms with van der Waals surface area (Å²) in [6.07, 6.45) is 3.06. The van der Waals surface area contributed by atoms with Crippen LogP contribution in [0.1, 0.15) is 21.5 Å². The van der Waals surface area contributed by atoms with Gasteiger partial charge in [-0.3, -0.25) is 9.78 Å². The molecule has 6 heteroatoms. The molecule has 1 amide bonds. The molecule has 2 rings (SSSR count). The van der Waals surface area contributed by atoms with Gasteiger partial charge in [0.1, 0.15) is 6.04 Å². The van der Waals surface area contributed by atoms with Gasteiger partial charge in [-0.05, 0) is 29.8 Å². The second-order valence-electron chi connectivity index (χ2n) is 4.61. The van der Waals surface area contributed by atoms with Crippen molar-refractivity contribution >= 4 is 11.9 Å². The third-order valence-electron chi connectivity index (χ3n) is 3.07. The number of carbonyl (C=O) groups excluding carboxylic acids is 1. The highest BCUT2D eigenvalue weighted by Gasteiger charge is 2.21. The average Bonchev–Trinajstić information content (AvgIpc) is 2.55. The van der Waals surface area contributed by atoms with Crippen molar-refractivity contribution in [3.63, 3.8) is 0 Å². The Morgan fingerprint density at radius 2 is 1.82 bits per heavy atom. The number of aromatic nitrogens is 1. The van der Waals surface area contributed by atoms with Crippen molar-refractivity contribution in [1.29, 1.82) is 5.26 Å². The molecule has 0 aliphatic carbocycles. The minimum absolute atomic E-state index is 0.137. The van der Waals surface area contributed by atoms with E-state index in [4.69, 9.17) is 5.26 Å². The van der Waals surface area contributed by atoms with E-state index in [2.05, 4.69) is 10.3 Å². The van der Waals surface area contributed by atoms with Gasteiger partial charge < -0.3 is 10.4 Å². The Morgan fingerprint density at radius 1 is 1.18 bits per heavy atom. The zero-order valence-corrected chi connectivity index (χ0v) is 11.6. The molecule has 0 bridgehead atoms.